The maximum Gasteiger partial charge on any atom is 0.248 e. The summed E-state index contributed by atoms with van der Waals surface area (Å²) in [6.45, 7) is 0. The quantitative estimate of drug-likeness (QED) is 0.270. The van der Waals surface area contributed by atoms with Crippen LogP contribution >= 0.6 is 23.1 Å². The van der Waals surface area contributed by atoms with E-state index in [0.29, 0.717) is 55.4 Å². The van der Waals surface area contributed by atoms with Crippen molar-refractivity contribution in [3.63, 3.8) is 0 Å². The molecular weight excluding hydrogens is 466 g/mol. The van der Waals surface area contributed by atoms with Gasteiger partial charge in [0.2, 0.25) is 22.7 Å². The van der Waals surface area contributed by atoms with Gasteiger partial charge < -0.3 is 23.7 Å². The fourth-order valence-electron chi connectivity index (χ4n) is 2.79. The minimum atomic E-state index is 0.152. The molecule has 0 aliphatic heterocycles. The summed E-state index contributed by atoms with van der Waals surface area (Å²) in [5, 5.41) is 26.7. The maximum absolute atomic E-state index is 9.80. The van der Waals surface area contributed by atoms with Crippen LogP contribution in [0.25, 0.3) is 11.5 Å². The van der Waals surface area contributed by atoms with E-state index in [2.05, 4.69) is 25.4 Å². The first-order valence-electron chi connectivity index (χ1n) is 9.52. The van der Waals surface area contributed by atoms with Crippen LogP contribution in [0.2, 0.25) is 0 Å². The molecule has 2 aromatic heterocycles. The second kappa shape index (κ2) is 10.3. The lowest BCUT2D eigenvalue weighted by molar-refractivity contribution is 0.324. The van der Waals surface area contributed by atoms with E-state index in [1.807, 2.05) is 6.07 Å². The van der Waals surface area contributed by atoms with Crippen molar-refractivity contribution in [1.82, 2.24) is 20.4 Å². The van der Waals surface area contributed by atoms with Crippen molar-refractivity contribution in [3.8, 4) is 34.5 Å². The van der Waals surface area contributed by atoms with Gasteiger partial charge in [-0.1, -0.05) is 35.2 Å². The molecule has 0 unspecified atom stereocenters. The molecule has 0 atom stereocenters. The summed E-state index contributed by atoms with van der Waals surface area (Å²) in [5.41, 5.74) is 1.25. The van der Waals surface area contributed by atoms with Crippen LogP contribution in [0.4, 0.5) is 5.13 Å². The monoisotopic (exact) mass is 485 g/mol. The third-order valence-electron chi connectivity index (χ3n) is 4.34. The number of hydrogen-bond donors (Lipinski definition) is 1. The lowest BCUT2D eigenvalue weighted by Gasteiger charge is -2.12. The van der Waals surface area contributed by atoms with Crippen LogP contribution in [0, 0.1) is 0 Å². The molecule has 0 aliphatic rings. The number of nitrogens with zero attached hydrogens (tertiary/aromatic N) is 5. The highest BCUT2D eigenvalue weighted by Crippen LogP contribution is 2.41. The molecule has 0 saturated carbocycles. The molecule has 0 fully saturated rings. The maximum atomic E-state index is 9.80. The van der Waals surface area contributed by atoms with Crippen LogP contribution in [0.15, 0.2) is 50.1 Å². The molecule has 0 radical (unpaired) electrons. The molecule has 1 N–H and O–H groups in total. The minimum Gasteiger partial charge on any atom is -0.507 e. The molecule has 0 aliphatic carbocycles. The van der Waals surface area contributed by atoms with Crippen molar-refractivity contribution >= 4 is 34.4 Å². The zero-order valence-electron chi connectivity index (χ0n) is 17.9. The Morgan fingerprint density at radius 2 is 1.79 bits per heavy atom. The zero-order valence-corrected chi connectivity index (χ0v) is 19.5. The molecule has 33 heavy (non-hydrogen) atoms. The van der Waals surface area contributed by atoms with Gasteiger partial charge in [0.25, 0.3) is 0 Å². The first-order chi connectivity index (χ1) is 16.1. The number of thioether (sulfide) groups is 1. The summed E-state index contributed by atoms with van der Waals surface area (Å²) >= 11 is 2.72. The molecule has 4 rings (SSSR count). The number of benzene rings is 2. The molecule has 0 saturated heterocycles. The highest BCUT2D eigenvalue weighted by atomic mass is 32.2. The lowest BCUT2D eigenvalue weighted by Crippen LogP contribution is -1.95. The minimum absolute atomic E-state index is 0.152. The highest BCUT2D eigenvalue weighted by Gasteiger charge is 2.18. The Bertz CT molecular complexity index is 1250. The molecule has 0 bridgehead atoms. The summed E-state index contributed by atoms with van der Waals surface area (Å²) in [6.07, 6.45) is 1.55. The smallest absolute Gasteiger partial charge is 0.248 e. The topological polar surface area (TPSA) is 125 Å². The van der Waals surface area contributed by atoms with Crippen molar-refractivity contribution in [3.05, 3.63) is 47.9 Å². The van der Waals surface area contributed by atoms with Crippen molar-refractivity contribution in [2.75, 3.05) is 21.3 Å². The molecule has 0 amide bonds. The predicted molar refractivity (Wildman–Crippen MR) is 124 cm³/mol. The second-order valence-electron chi connectivity index (χ2n) is 6.37. The summed E-state index contributed by atoms with van der Waals surface area (Å²) < 4.78 is 22.6. The Balaban J connectivity index is 1.43. The Morgan fingerprint density at radius 3 is 2.48 bits per heavy atom. The molecular formula is C21H19N5O5S2. The third kappa shape index (κ3) is 5.23. The normalized spacial score (nSPS) is 11.1. The van der Waals surface area contributed by atoms with E-state index in [4.69, 9.17) is 18.6 Å². The van der Waals surface area contributed by atoms with Crippen LogP contribution in [-0.2, 0) is 5.75 Å². The van der Waals surface area contributed by atoms with E-state index < -0.39 is 0 Å². The van der Waals surface area contributed by atoms with Crippen LogP contribution in [-0.4, -0.2) is 53.0 Å². The van der Waals surface area contributed by atoms with Crippen molar-refractivity contribution in [2.24, 2.45) is 4.99 Å². The van der Waals surface area contributed by atoms with E-state index in [0.717, 1.165) is 0 Å². The third-order valence-corrected chi connectivity index (χ3v) is 6.29. The number of rotatable bonds is 9. The van der Waals surface area contributed by atoms with Gasteiger partial charge in [-0.15, -0.1) is 20.4 Å². The van der Waals surface area contributed by atoms with Crippen molar-refractivity contribution < 1.29 is 23.7 Å². The van der Waals surface area contributed by atoms with E-state index in [9.17, 15) is 5.11 Å². The van der Waals surface area contributed by atoms with Gasteiger partial charge in [0, 0.05) is 17.3 Å². The number of para-hydroxylation sites is 1. The molecule has 4 aromatic rings. The number of hydrogen-bond acceptors (Lipinski definition) is 12. The van der Waals surface area contributed by atoms with Gasteiger partial charge in [-0.05, 0) is 24.3 Å². The SMILES string of the molecule is COc1cc(-c2nnc(CSc3nnc(/N=C/c4ccccc4O)s3)o2)cc(OC)c1OC. The van der Waals surface area contributed by atoms with Crippen LogP contribution < -0.4 is 14.2 Å². The Hall–Kier alpha value is -3.64. The van der Waals surface area contributed by atoms with Gasteiger partial charge in [-0.3, -0.25) is 0 Å². The number of aromatic hydroxyl groups is 1. The van der Waals surface area contributed by atoms with Crippen molar-refractivity contribution in [1.29, 1.82) is 0 Å². The van der Waals surface area contributed by atoms with Crippen LogP contribution in [0.3, 0.4) is 0 Å². The molecule has 0 spiro atoms. The van der Waals surface area contributed by atoms with E-state index >= 15 is 0 Å². The van der Waals surface area contributed by atoms with Gasteiger partial charge in [0.05, 0.1) is 27.1 Å². The van der Waals surface area contributed by atoms with Crippen molar-refractivity contribution in [2.45, 2.75) is 10.1 Å². The Labute approximate surface area is 197 Å². The molecule has 2 heterocycles. The number of phenolic OH excluding ortho intramolecular Hbond substituents is 1. The predicted octanol–water partition coefficient (Wildman–Crippen LogP) is 4.36. The number of phenols is 1. The van der Waals surface area contributed by atoms with E-state index in [-0.39, 0.29) is 5.75 Å². The summed E-state index contributed by atoms with van der Waals surface area (Å²) in [5.74, 6) is 2.79. The van der Waals surface area contributed by atoms with Gasteiger partial charge in [0.15, 0.2) is 15.8 Å². The van der Waals surface area contributed by atoms with Gasteiger partial charge >= 0.3 is 0 Å². The lowest BCUT2D eigenvalue weighted by atomic mass is 10.2. The molecule has 10 nitrogen and oxygen atoms in total. The van der Waals surface area contributed by atoms with E-state index in [1.165, 1.54) is 30.2 Å². The van der Waals surface area contributed by atoms with Crippen LogP contribution in [0.5, 0.6) is 23.0 Å². The fourth-order valence-corrected chi connectivity index (χ4v) is 4.31. The molecule has 12 heteroatoms. The molecule has 2 aromatic carbocycles. The number of aliphatic imine (C=N–C) groups is 1. The highest BCUT2D eigenvalue weighted by molar-refractivity contribution is 8.00. The summed E-state index contributed by atoms with van der Waals surface area (Å²) in [7, 11) is 4.62. The fraction of sp³-hybridized carbons (Fsp3) is 0.190. The zero-order chi connectivity index (χ0) is 23.2. The first-order valence-corrected chi connectivity index (χ1v) is 11.3. The standard InChI is InChI=1S/C21H19N5O5S2/c1-28-15-8-13(9-16(29-2)18(15)30-3)19-24-23-17(31-19)11-32-21-26-25-20(33-21)22-10-12-6-4-5-7-14(12)27/h4-10,27H,11H2,1-3H3/b22-10+. The summed E-state index contributed by atoms with van der Waals surface area (Å²) in [6, 6.07) is 10.4. The van der Waals surface area contributed by atoms with Gasteiger partial charge in [-0.25, -0.2) is 4.99 Å². The molecule has 170 valence electrons. The average Bonchev–Trinajstić information content (AvgIpc) is 3.51. The Kier molecular flexibility index (Phi) is 7.05. The summed E-state index contributed by atoms with van der Waals surface area (Å²) in [4.78, 5) is 4.26. The number of ether oxygens (including phenoxy) is 3. The second-order valence-corrected chi connectivity index (χ2v) is 8.55. The van der Waals surface area contributed by atoms with Crippen LogP contribution in [0.1, 0.15) is 11.5 Å². The number of aromatic nitrogens is 4. The van der Waals surface area contributed by atoms with E-state index in [1.54, 1.807) is 50.8 Å². The van der Waals surface area contributed by atoms with Gasteiger partial charge in [-0.2, -0.15) is 0 Å². The average molecular weight is 486 g/mol. The first kappa shape index (κ1) is 22.6. The Morgan fingerprint density at radius 1 is 1.03 bits per heavy atom. The van der Waals surface area contributed by atoms with Gasteiger partial charge in [0.1, 0.15) is 5.75 Å². The number of methoxy groups -OCH3 is 3. The largest absolute Gasteiger partial charge is 0.507 e.